The highest BCUT2D eigenvalue weighted by molar-refractivity contribution is 6.02. The average Bonchev–Trinajstić information content (AvgIpc) is 3.12. The Morgan fingerprint density at radius 2 is 1.32 bits per heavy atom. The molecule has 2 aromatic rings. The largest absolute Gasteiger partial charge is 0.436 e. The summed E-state index contributed by atoms with van der Waals surface area (Å²) in [7, 11) is 7.55. The van der Waals surface area contributed by atoms with Gasteiger partial charge in [0.2, 0.25) is 11.8 Å². The number of hydrogen-bond donors (Lipinski definition) is 4. The highest BCUT2D eigenvalue weighted by Crippen LogP contribution is 2.19. The predicted octanol–water partition coefficient (Wildman–Crippen LogP) is 0.889. The molecule has 204 valence electrons. The molecule has 1 fully saturated rings. The van der Waals surface area contributed by atoms with Crippen molar-refractivity contribution in [1.82, 2.24) is 14.9 Å². The van der Waals surface area contributed by atoms with Crippen molar-refractivity contribution in [3.8, 4) is 0 Å². The number of anilines is 2. The van der Waals surface area contributed by atoms with Crippen LogP contribution >= 0.6 is 0 Å². The molecule has 0 spiro atoms. The maximum atomic E-state index is 11.8. The van der Waals surface area contributed by atoms with E-state index in [1.807, 2.05) is 44.1 Å². The van der Waals surface area contributed by atoms with Crippen molar-refractivity contribution < 1.29 is 28.8 Å². The monoisotopic (exact) mass is 527 g/mol. The number of nitrogens with two attached hydrogens (primary N) is 3. The third-order valence-corrected chi connectivity index (χ3v) is 5.17. The lowest BCUT2D eigenvalue weighted by Gasteiger charge is -2.15. The molecular weight excluding hydrogens is 494 g/mol. The van der Waals surface area contributed by atoms with E-state index in [-0.39, 0.29) is 24.1 Å². The predicted molar refractivity (Wildman–Crippen MR) is 140 cm³/mol. The SMILES string of the molecule is CN(C)Cc1ccc(N)cc1C(N)=O.CN(C)Cc1ccc(NC(=O)ON2C(=O)CCC2=O)cc1C(N)=O. The molecule has 0 radical (unpaired) electrons. The molecule has 2 aromatic carbocycles. The van der Waals surface area contributed by atoms with Crippen molar-refractivity contribution >= 4 is 41.1 Å². The lowest BCUT2D eigenvalue weighted by molar-refractivity contribution is -0.170. The molecule has 0 unspecified atom stereocenters. The normalized spacial score (nSPS) is 12.8. The van der Waals surface area contributed by atoms with Gasteiger partial charge < -0.3 is 31.8 Å². The average molecular weight is 528 g/mol. The maximum Gasteiger partial charge on any atom is 0.436 e. The smallest absolute Gasteiger partial charge is 0.399 e. The minimum atomic E-state index is -1.01. The number of nitrogen functional groups attached to an aromatic ring is 1. The van der Waals surface area contributed by atoms with E-state index in [1.165, 1.54) is 6.07 Å². The summed E-state index contributed by atoms with van der Waals surface area (Å²) in [5, 5.41) is 2.79. The molecule has 0 aliphatic carbocycles. The van der Waals surface area contributed by atoms with Crippen LogP contribution in [0.2, 0.25) is 0 Å². The van der Waals surface area contributed by atoms with E-state index in [4.69, 9.17) is 22.0 Å². The van der Waals surface area contributed by atoms with Gasteiger partial charge in [0.25, 0.3) is 11.8 Å². The van der Waals surface area contributed by atoms with E-state index >= 15 is 0 Å². The number of primary amides is 2. The van der Waals surface area contributed by atoms with Gasteiger partial charge in [-0.15, -0.1) is 5.06 Å². The van der Waals surface area contributed by atoms with E-state index in [0.717, 1.165) is 5.56 Å². The Labute approximate surface area is 220 Å². The third-order valence-electron chi connectivity index (χ3n) is 5.17. The van der Waals surface area contributed by atoms with Gasteiger partial charge >= 0.3 is 6.09 Å². The van der Waals surface area contributed by atoms with Gasteiger partial charge in [0.1, 0.15) is 0 Å². The fraction of sp³-hybridized carbons (Fsp3) is 0.320. The lowest BCUT2D eigenvalue weighted by atomic mass is 10.1. The van der Waals surface area contributed by atoms with Gasteiger partial charge in [-0.3, -0.25) is 24.5 Å². The van der Waals surface area contributed by atoms with Crippen molar-refractivity contribution in [3.63, 3.8) is 0 Å². The zero-order valence-corrected chi connectivity index (χ0v) is 21.8. The highest BCUT2D eigenvalue weighted by atomic mass is 16.7. The quantitative estimate of drug-likeness (QED) is 0.285. The Hall–Kier alpha value is -4.49. The van der Waals surface area contributed by atoms with Gasteiger partial charge in [-0.2, -0.15) is 0 Å². The summed E-state index contributed by atoms with van der Waals surface area (Å²) in [5.41, 5.74) is 19.4. The van der Waals surface area contributed by atoms with E-state index in [2.05, 4.69) is 5.32 Å². The van der Waals surface area contributed by atoms with E-state index < -0.39 is 29.7 Å². The summed E-state index contributed by atoms with van der Waals surface area (Å²) in [5.74, 6) is -2.22. The number of hydroxylamine groups is 2. The number of rotatable bonds is 8. The van der Waals surface area contributed by atoms with Crippen LogP contribution < -0.4 is 22.5 Å². The molecule has 0 bridgehead atoms. The summed E-state index contributed by atoms with van der Waals surface area (Å²) in [4.78, 5) is 65.8. The second-order valence-electron chi connectivity index (χ2n) is 9.08. The fourth-order valence-corrected chi connectivity index (χ4v) is 3.55. The number of hydrogen-bond acceptors (Lipinski definition) is 9. The Bertz CT molecular complexity index is 1210. The van der Waals surface area contributed by atoms with Gasteiger partial charge in [0.05, 0.1) is 0 Å². The van der Waals surface area contributed by atoms with Crippen molar-refractivity contribution in [2.24, 2.45) is 11.5 Å². The number of imide groups is 1. The molecule has 0 aromatic heterocycles. The molecule has 1 saturated heterocycles. The summed E-state index contributed by atoms with van der Waals surface area (Å²) in [6.45, 7) is 1.18. The number of nitrogens with zero attached hydrogens (tertiary/aromatic N) is 3. The van der Waals surface area contributed by atoms with Gasteiger partial charge in [0, 0.05) is 48.4 Å². The van der Waals surface area contributed by atoms with Gasteiger partial charge in [-0.25, -0.2) is 4.79 Å². The minimum Gasteiger partial charge on any atom is -0.399 e. The molecule has 0 atom stereocenters. The minimum absolute atomic E-state index is 0.0111. The first-order valence-electron chi connectivity index (χ1n) is 11.5. The van der Waals surface area contributed by atoms with Crippen LogP contribution in [-0.2, 0) is 27.5 Å². The molecule has 13 heteroatoms. The van der Waals surface area contributed by atoms with Crippen LogP contribution in [0.4, 0.5) is 16.2 Å². The summed E-state index contributed by atoms with van der Waals surface area (Å²) >= 11 is 0. The molecule has 38 heavy (non-hydrogen) atoms. The number of carbonyl (C=O) groups excluding carboxylic acids is 5. The van der Waals surface area contributed by atoms with Crippen LogP contribution in [0.3, 0.4) is 0 Å². The highest BCUT2D eigenvalue weighted by Gasteiger charge is 2.33. The maximum absolute atomic E-state index is 11.8. The van der Waals surface area contributed by atoms with Gasteiger partial charge in [-0.05, 0) is 63.6 Å². The topological polar surface area (TPSA) is 194 Å². The number of nitrogens with one attached hydrogen (secondary N) is 1. The van der Waals surface area contributed by atoms with Gasteiger partial charge in [0.15, 0.2) is 0 Å². The molecule has 0 saturated carbocycles. The molecule has 13 nitrogen and oxygen atoms in total. The summed E-state index contributed by atoms with van der Waals surface area (Å²) in [6, 6.07) is 9.85. The molecule has 1 aliphatic rings. The van der Waals surface area contributed by atoms with E-state index in [0.29, 0.717) is 35.0 Å². The van der Waals surface area contributed by atoms with Gasteiger partial charge in [-0.1, -0.05) is 12.1 Å². The number of benzene rings is 2. The Morgan fingerprint density at radius 1 is 0.842 bits per heavy atom. The summed E-state index contributed by atoms with van der Waals surface area (Å²) in [6.07, 6.45) is -0.983. The number of amides is 5. The molecule has 5 amide bonds. The first kappa shape index (κ1) is 29.7. The molecule has 3 rings (SSSR count). The molecular formula is C25H33N7O6. The Balaban J connectivity index is 0.000000308. The Kier molecular flexibility index (Phi) is 10.3. The van der Waals surface area contributed by atoms with Crippen LogP contribution in [0.5, 0.6) is 0 Å². The Morgan fingerprint density at radius 3 is 1.79 bits per heavy atom. The van der Waals surface area contributed by atoms with E-state index in [9.17, 15) is 24.0 Å². The fourth-order valence-electron chi connectivity index (χ4n) is 3.55. The van der Waals surface area contributed by atoms with Crippen molar-refractivity contribution in [1.29, 1.82) is 0 Å². The number of carbonyl (C=O) groups is 5. The van der Waals surface area contributed by atoms with Crippen LogP contribution in [0.15, 0.2) is 36.4 Å². The molecule has 1 aliphatic heterocycles. The van der Waals surface area contributed by atoms with Crippen molar-refractivity contribution in [2.45, 2.75) is 25.9 Å². The zero-order valence-electron chi connectivity index (χ0n) is 21.8. The van der Waals surface area contributed by atoms with Crippen LogP contribution in [0, 0.1) is 0 Å². The third kappa shape index (κ3) is 8.57. The zero-order chi connectivity index (χ0) is 28.6. The molecule has 7 N–H and O–H groups in total. The second-order valence-corrected chi connectivity index (χ2v) is 9.08. The first-order chi connectivity index (χ1) is 17.8. The van der Waals surface area contributed by atoms with Crippen LogP contribution in [-0.4, -0.2) is 72.8 Å². The lowest BCUT2D eigenvalue weighted by Crippen LogP contribution is -2.34. The summed E-state index contributed by atoms with van der Waals surface area (Å²) < 4.78 is 0. The first-order valence-corrected chi connectivity index (χ1v) is 11.5. The van der Waals surface area contributed by atoms with Crippen LogP contribution in [0.1, 0.15) is 44.7 Å². The van der Waals surface area contributed by atoms with Crippen LogP contribution in [0.25, 0.3) is 0 Å². The standard InChI is InChI=1S/C15H18N4O5.C10H15N3O/c1-18(2)8-9-3-4-10(7-11(9)14(16)22)17-15(23)24-19-12(20)5-6-13(19)21;1-13(2)6-7-3-4-8(11)5-9(7)10(12)14/h3-4,7H,5-6,8H2,1-2H3,(H2,16,22)(H,17,23);3-5H,6,11H2,1-2H3,(H2,12,14). The van der Waals surface area contributed by atoms with Crippen molar-refractivity contribution in [2.75, 3.05) is 39.2 Å². The van der Waals surface area contributed by atoms with Crippen molar-refractivity contribution in [3.05, 3.63) is 58.7 Å². The second kappa shape index (κ2) is 13.2. The molecule has 1 heterocycles. The van der Waals surface area contributed by atoms with E-state index in [1.54, 1.807) is 24.3 Å².